The van der Waals surface area contributed by atoms with Gasteiger partial charge in [0.05, 0.1) is 6.33 Å². The maximum atomic E-state index is 11.8. The Balaban J connectivity index is 1.77. The Hall–Kier alpha value is -2.34. The highest BCUT2D eigenvalue weighted by atomic mass is 16.2. The molecule has 0 bridgehead atoms. The van der Waals surface area contributed by atoms with E-state index in [4.69, 9.17) is 0 Å². The molecule has 21 heavy (non-hydrogen) atoms. The van der Waals surface area contributed by atoms with Crippen LogP contribution in [0.5, 0.6) is 0 Å². The Kier molecular flexibility index (Phi) is 5.34. The van der Waals surface area contributed by atoms with Crippen LogP contribution < -0.4 is 16.0 Å². The summed E-state index contributed by atoms with van der Waals surface area (Å²) in [4.78, 5) is 18.7. The van der Waals surface area contributed by atoms with Crippen LogP contribution in [0.15, 0.2) is 36.8 Å². The summed E-state index contributed by atoms with van der Waals surface area (Å²) in [6.45, 7) is 2.65. The molecular weight excluding hydrogens is 266 g/mol. The number of anilines is 1. The highest BCUT2D eigenvalue weighted by Crippen LogP contribution is 2.15. The average molecular weight is 287 g/mol. The number of aromatic amines is 1. The van der Waals surface area contributed by atoms with E-state index in [-0.39, 0.29) is 6.03 Å². The third-order valence-electron chi connectivity index (χ3n) is 3.34. The first-order chi connectivity index (χ1) is 10.2. The van der Waals surface area contributed by atoms with Gasteiger partial charge in [-0.3, -0.25) is 0 Å². The van der Waals surface area contributed by atoms with Crippen molar-refractivity contribution in [1.82, 2.24) is 20.6 Å². The number of carbonyl (C=O) groups excluding carboxylic acids is 1. The molecule has 2 rings (SSSR count). The van der Waals surface area contributed by atoms with Crippen molar-refractivity contribution in [1.29, 1.82) is 0 Å². The van der Waals surface area contributed by atoms with Crippen LogP contribution in [0.25, 0.3) is 0 Å². The van der Waals surface area contributed by atoms with E-state index in [1.54, 1.807) is 12.5 Å². The standard InChI is InChI=1S/C15H21N5O/c1-11(16-2)12-3-5-13(6-4-12)20-15(21)18-8-7-14-9-17-10-19-14/h3-6,9-11,16H,7-8H2,1-2H3,(H,17,19)(H2,18,20,21). The SMILES string of the molecule is CNC(C)c1ccc(NC(=O)NCCc2cnc[nH]2)cc1. The van der Waals surface area contributed by atoms with Crippen LogP contribution in [0.1, 0.15) is 24.2 Å². The van der Waals surface area contributed by atoms with Crippen molar-refractivity contribution in [3.8, 4) is 0 Å². The number of hydrogen-bond acceptors (Lipinski definition) is 3. The Bertz CT molecular complexity index is 550. The number of rotatable bonds is 6. The fraction of sp³-hybridized carbons (Fsp3) is 0.333. The number of nitrogens with zero attached hydrogens (tertiary/aromatic N) is 1. The predicted octanol–water partition coefficient (Wildman–Crippen LogP) is 2.05. The molecule has 0 aliphatic carbocycles. The second-order valence-electron chi connectivity index (χ2n) is 4.84. The second kappa shape index (κ2) is 7.44. The number of urea groups is 1. The number of nitrogens with one attached hydrogen (secondary N) is 4. The highest BCUT2D eigenvalue weighted by molar-refractivity contribution is 5.89. The van der Waals surface area contributed by atoms with Gasteiger partial charge in [0.1, 0.15) is 0 Å². The van der Waals surface area contributed by atoms with Gasteiger partial charge >= 0.3 is 6.03 Å². The summed E-state index contributed by atoms with van der Waals surface area (Å²) in [6, 6.07) is 7.89. The normalized spacial score (nSPS) is 11.9. The Morgan fingerprint density at radius 3 is 2.71 bits per heavy atom. The zero-order valence-corrected chi connectivity index (χ0v) is 12.3. The molecule has 0 aliphatic rings. The summed E-state index contributed by atoms with van der Waals surface area (Å²) in [5.41, 5.74) is 2.96. The van der Waals surface area contributed by atoms with Crippen LogP contribution in [-0.4, -0.2) is 29.6 Å². The quantitative estimate of drug-likeness (QED) is 0.656. The van der Waals surface area contributed by atoms with E-state index in [9.17, 15) is 4.79 Å². The van der Waals surface area contributed by atoms with Crippen molar-refractivity contribution in [2.24, 2.45) is 0 Å². The summed E-state index contributed by atoms with van der Waals surface area (Å²) >= 11 is 0. The van der Waals surface area contributed by atoms with Gasteiger partial charge in [-0.1, -0.05) is 12.1 Å². The molecule has 6 heteroatoms. The van der Waals surface area contributed by atoms with Gasteiger partial charge in [-0.15, -0.1) is 0 Å². The van der Waals surface area contributed by atoms with Gasteiger partial charge in [0.25, 0.3) is 0 Å². The smallest absolute Gasteiger partial charge is 0.319 e. The molecular formula is C15H21N5O. The van der Waals surface area contributed by atoms with Gasteiger partial charge in [0.2, 0.25) is 0 Å². The molecule has 1 heterocycles. The fourth-order valence-electron chi connectivity index (χ4n) is 1.93. The monoisotopic (exact) mass is 287 g/mol. The second-order valence-corrected chi connectivity index (χ2v) is 4.84. The van der Waals surface area contributed by atoms with Crippen LogP contribution in [-0.2, 0) is 6.42 Å². The topological polar surface area (TPSA) is 81.8 Å². The Labute approximate surface area is 124 Å². The van der Waals surface area contributed by atoms with Crippen molar-refractivity contribution in [3.63, 3.8) is 0 Å². The van der Waals surface area contributed by atoms with Crippen molar-refractivity contribution < 1.29 is 4.79 Å². The van der Waals surface area contributed by atoms with Crippen molar-refractivity contribution in [2.45, 2.75) is 19.4 Å². The number of carbonyl (C=O) groups is 1. The number of imidazole rings is 1. The maximum absolute atomic E-state index is 11.8. The van der Waals surface area contributed by atoms with E-state index in [1.165, 1.54) is 5.56 Å². The molecule has 0 saturated carbocycles. The molecule has 1 aromatic heterocycles. The molecule has 4 N–H and O–H groups in total. The third-order valence-corrected chi connectivity index (χ3v) is 3.34. The van der Waals surface area contributed by atoms with Gasteiger partial charge in [-0.25, -0.2) is 9.78 Å². The lowest BCUT2D eigenvalue weighted by atomic mass is 10.1. The summed E-state index contributed by atoms with van der Waals surface area (Å²) in [6.07, 6.45) is 4.11. The Morgan fingerprint density at radius 1 is 1.33 bits per heavy atom. The van der Waals surface area contributed by atoms with Crippen molar-refractivity contribution in [3.05, 3.63) is 48.0 Å². The van der Waals surface area contributed by atoms with Gasteiger partial charge in [-0.2, -0.15) is 0 Å². The lowest BCUT2D eigenvalue weighted by molar-refractivity contribution is 0.252. The third kappa shape index (κ3) is 4.61. The van der Waals surface area contributed by atoms with Gasteiger partial charge in [0.15, 0.2) is 0 Å². The molecule has 0 fully saturated rings. The molecule has 1 aromatic carbocycles. The van der Waals surface area contributed by atoms with Crippen LogP contribution in [0.4, 0.5) is 10.5 Å². The lowest BCUT2D eigenvalue weighted by Crippen LogP contribution is -2.30. The zero-order chi connectivity index (χ0) is 15.1. The number of hydrogen-bond donors (Lipinski definition) is 4. The van der Waals surface area contributed by atoms with E-state index in [0.29, 0.717) is 12.6 Å². The average Bonchev–Trinajstić information content (AvgIpc) is 3.00. The molecule has 0 aliphatic heterocycles. The van der Waals surface area contributed by atoms with E-state index >= 15 is 0 Å². The van der Waals surface area contributed by atoms with Crippen LogP contribution in [0.3, 0.4) is 0 Å². The first-order valence-electron chi connectivity index (χ1n) is 6.98. The Morgan fingerprint density at radius 2 is 2.10 bits per heavy atom. The summed E-state index contributed by atoms with van der Waals surface area (Å²) in [5, 5.41) is 8.79. The van der Waals surface area contributed by atoms with E-state index < -0.39 is 0 Å². The number of H-pyrrole nitrogens is 1. The molecule has 6 nitrogen and oxygen atoms in total. The van der Waals surface area contributed by atoms with Gasteiger partial charge in [-0.05, 0) is 31.7 Å². The predicted molar refractivity (Wildman–Crippen MR) is 83.2 cm³/mol. The van der Waals surface area contributed by atoms with E-state index in [0.717, 1.165) is 17.8 Å². The summed E-state index contributed by atoms with van der Waals surface area (Å²) in [5.74, 6) is 0. The minimum atomic E-state index is -0.205. The van der Waals surface area contributed by atoms with Gasteiger partial charge < -0.3 is 20.9 Å². The molecule has 2 amide bonds. The minimum Gasteiger partial charge on any atom is -0.348 e. The number of amides is 2. The molecule has 1 atom stereocenters. The minimum absolute atomic E-state index is 0.205. The lowest BCUT2D eigenvalue weighted by Gasteiger charge is -2.12. The largest absolute Gasteiger partial charge is 0.348 e. The van der Waals surface area contributed by atoms with Crippen LogP contribution in [0.2, 0.25) is 0 Å². The molecule has 0 saturated heterocycles. The highest BCUT2D eigenvalue weighted by Gasteiger charge is 2.04. The van der Waals surface area contributed by atoms with Crippen LogP contribution in [0, 0.1) is 0 Å². The summed E-state index contributed by atoms with van der Waals surface area (Å²) in [7, 11) is 1.92. The van der Waals surface area contributed by atoms with E-state index in [1.807, 2.05) is 31.3 Å². The van der Waals surface area contributed by atoms with Crippen LogP contribution >= 0.6 is 0 Å². The summed E-state index contributed by atoms with van der Waals surface area (Å²) < 4.78 is 0. The van der Waals surface area contributed by atoms with Gasteiger partial charge in [0, 0.05) is 36.6 Å². The first-order valence-corrected chi connectivity index (χ1v) is 6.98. The zero-order valence-electron chi connectivity index (χ0n) is 12.3. The number of aromatic nitrogens is 2. The first kappa shape index (κ1) is 15.1. The molecule has 0 spiro atoms. The van der Waals surface area contributed by atoms with E-state index in [2.05, 4.69) is 32.8 Å². The fourth-order valence-corrected chi connectivity index (χ4v) is 1.93. The molecule has 2 aromatic rings. The maximum Gasteiger partial charge on any atom is 0.319 e. The van der Waals surface area contributed by atoms with Crippen molar-refractivity contribution in [2.75, 3.05) is 18.9 Å². The molecule has 1 unspecified atom stereocenters. The number of benzene rings is 1. The molecule has 0 radical (unpaired) electrons. The van der Waals surface area contributed by atoms with Crippen molar-refractivity contribution >= 4 is 11.7 Å². The molecule has 112 valence electrons.